The van der Waals surface area contributed by atoms with Gasteiger partial charge in [0.25, 0.3) is 6.47 Å². The Labute approximate surface area is 86.5 Å². The topological polar surface area (TPSA) is 98.5 Å². The molecule has 84 valence electrons. The van der Waals surface area contributed by atoms with E-state index in [-0.39, 0.29) is 13.1 Å². The highest BCUT2D eigenvalue weighted by atomic mass is 32.2. The van der Waals surface area contributed by atoms with Gasteiger partial charge in [-0.1, -0.05) is 0 Å². The quantitative estimate of drug-likeness (QED) is 0.662. The molecule has 0 saturated heterocycles. The van der Waals surface area contributed by atoms with Crippen molar-refractivity contribution in [1.82, 2.24) is 9.71 Å². The van der Waals surface area contributed by atoms with Gasteiger partial charge in [0, 0.05) is 0 Å². The summed E-state index contributed by atoms with van der Waals surface area (Å²) in [5, 5.41) is 0. The number of nitrogens with one attached hydrogen (secondary N) is 1. The predicted octanol–water partition coefficient (Wildman–Crippen LogP) is -0.562. The van der Waals surface area contributed by atoms with E-state index in [0.717, 1.165) is 12.6 Å². The van der Waals surface area contributed by atoms with Gasteiger partial charge in [0.1, 0.15) is 24.6 Å². The third kappa shape index (κ3) is 4.09. The second kappa shape index (κ2) is 4.89. The van der Waals surface area contributed by atoms with Gasteiger partial charge >= 0.3 is 0 Å². The molecule has 1 rings (SSSR count). The summed E-state index contributed by atoms with van der Waals surface area (Å²) >= 11 is 0. The van der Waals surface area contributed by atoms with Crippen molar-refractivity contribution in [2.24, 2.45) is 0 Å². The summed E-state index contributed by atoms with van der Waals surface area (Å²) in [6.07, 6.45) is 3.44. The van der Waals surface area contributed by atoms with Gasteiger partial charge in [-0.15, -0.1) is 0 Å². The first-order valence-corrected chi connectivity index (χ1v) is 5.82. The molecule has 0 aliphatic heterocycles. The molecule has 0 aliphatic rings. The number of carbonyl (C=O) groups excluding carboxylic acids is 1. The smallest absolute Gasteiger partial charge is 0.293 e. The lowest BCUT2D eigenvalue weighted by Gasteiger charge is -2.12. The van der Waals surface area contributed by atoms with Crippen LogP contribution in [-0.4, -0.2) is 32.7 Å². The molecule has 0 saturated carbocycles. The molecule has 7 nitrogen and oxygen atoms in total. The maximum atomic E-state index is 11.0. The van der Waals surface area contributed by atoms with E-state index < -0.39 is 16.1 Å². The average molecular weight is 234 g/mol. The van der Waals surface area contributed by atoms with Gasteiger partial charge in [0.15, 0.2) is 6.39 Å². The molecule has 0 spiro atoms. The van der Waals surface area contributed by atoms with Gasteiger partial charge in [-0.2, -0.15) is 0 Å². The van der Waals surface area contributed by atoms with Crippen LogP contribution in [0.2, 0.25) is 0 Å². The summed E-state index contributed by atoms with van der Waals surface area (Å²) in [7, 11) is -3.41. The maximum Gasteiger partial charge on any atom is 0.293 e. The van der Waals surface area contributed by atoms with Gasteiger partial charge < -0.3 is 9.15 Å². The number of carbonyl (C=O) groups is 1. The van der Waals surface area contributed by atoms with E-state index in [4.69, 9.17) is 4.42 Å². The molecule has 1 heterocycles. The van der Waals surface area contributed by atoms with Crippen LogP contribution in [0, 0.1) is 0 Å². The van der Waals surface area contributed by atoms with E-state index in [1.807, 2.05) is 0 Å². The molecular weight excluding hydrogens is 224 g/mol. The van der Waals surface area contributed by atoms with E-state index in [1.54, 1.807) is 0 Å². The Kier molecular flexibility index (Phi) is 3.81. The van der Waals surface area contributed by atoms with Gasteiger partial charge in [-0.25, -0.2) is 18.1 Å². The predicted molar refractivity (Wildman–Crippen MR) is 49.2 cm³/mol. The minimum atomic E-state index is -3.41. The SMILES string of the molecule is CS(=O)(=O)NC(COC=O)c1cocn1. The van der Waals surface area contributed by atoms with Gasteiger partial charge in [-0.3, -0.25) is 4.79 Å². The van der Waals surface area contributed by atoms with Crippen LogP contribution in [0.3, 0.4) is 0 Å². The minimum Gasteiger partial charge on any atom is -0.466 e. The summed E-state index contributed by atoms with van der Waals surface area (Å²) < 4.78 is 33.4. The number of ether oxygens (including phenoxy) is 1. The van der Waals surface area contributed by atoms with Crippen molar-refractivity contribution in [3.05, 3.63) is 18.4 Å². The molecule has 0 aromatic carbocycles. The molecule has 1 unspecified atom stereocenters. The third-order valence-corrected chi connectivity index (χ3v) is 2.21. The van der Waals surface area contributed by atoms with E-state index in [2.05, 4.69) is 14.4 Å². The lowest BCUT2D eigenvalue weighted by Crippen LogP contribution is -2.30. The van der Waals surface area contributed by atoms with Crippen LogP contribution >= 0.6 is 0 Å². The number of hydrogen-bond acceptors (Lipinski definition) is 6. The summed E-state index contributed by atoms with van der Waals surface area (Å²) in [6.45, 7) is 0.0974. The molecule has 0 bridgehead atoms. The lowest BCUT2D eigenvalue weighted by atomic mass is 10.2. The van der Waals surface area contributed by atoms with Crippen LogP contribution in [-0.2, 0) is 19.6 Å². The monoisotopic (exact) mass is 234 g/mol. The highest BCUT2D eigenvalue weighted by Crippen LogP contribution is 2.11. The van der Waals surface area contributed by atoms with E-state index in [9.17, 15) is 13.2 Å². The number of sulfonamides is 1. The normalized spacial score (nSPS) is 13.4. The fourth-order valence-electron chi connectivity index (χ4n) is 0.968. The molecule has 1 N–H and O–H groups in total. The van der Waals surface area contributed by atoms with Crippen LogP contribution < -0.4 is 4.72 Å². The summed E-state index contributed by atoms with van der Waals surface area (Å²) in [6, 6.07) is -0.732. The van der Waals surface area contributed by atoms with Crippen LogP contribution in [0.5, 0.6) is 0 Å². The second-order valence-corrected chi connectivity index (χ2v) is 4.57. The first-order chi connectivity index (χ1) is 7.03. The first kappa shape index (κ1) is 11.7. The van der Waals surface area contributed by atoms with Gasteiger partial charge in [-0.05, 0) is 0 Å². The molecule has 1 atom stereocenters. The number of nitrogens with zero attached hydrogens (tertiary/aromatic N) is 1. The fraction of sp³-hybridized carbons (Fsp3) is 0.429. The average Bonchev–Trinajstić information content (AvgIpc) is 2.63. The fourth-order valence-corrected chi connectivity index (χ4v) is 1.67. The van der Waals surface area contributed by atoms with Crippen LogP contribution in [0.1, 0.15) is 11.7 Å². The number of oxazole rings is 1. The molecule has 0 fully saturated rings. The molecule has 0 amide bonds. The lowest BCUT2D eigenvalue weighted by molar-refractivity contribution is -0.129. The molecule has 8 heteroatoms. The van der Waals surface area contributed by atoms with Crippen molar-refractivity contribution in [2.75, 3.05) is 12.9 Å². The Hall–Kier alpha value is -1.41. The number of hydrogen-bond donors (Lipinski definition) is 1. The van der Waals surface area contributed by atoms with Crippen molar-refractivity contribution in [2.45, 2.75) is 6.04 Å². The largest absolute Gasteiger partial charge is 0.466 e. The van der Waals surface area contributed by atoms with Crippen molar-refractivity contribution in [1.29, 1.82) is 0 Å². The zero-order chi connectivity index (χ0) is 11.3. The molecule has 15 heavy (non-hydrogen) atoms. The minimum absolute atomic E-state index is 0.136. The molecule has 0 radical (unpaired) electrons. The summed E-state index contributed by atoms with van der Waals surface area (Å²) in [5.74, 6) is 0. The van der Waals surface area contributed by atoms with E-state index in [0.29, 0.717) is 5.69 Å². The van der Waals surface area contributed by atoms with Crippen molar-refractivity contribution >= 4 is 16.5 Å². The summed E-state index contributed by atoms with van der Waals surface area (Å²) in [5.41, 5.74) is 0.349. The molecule has 1 aromatic rings. The van der Waals surface area contributed by atoms with Gasteiger partial charge in [0.2, 0.25) is 10.0 Å². The highest BCUT2D eigenvalue weighted by Gasteiger charge is 2.19. The molecule has 0 aliphatic carbocycles. The van der Waals surface area contributed by atoms with E-state index in [1.165, 1.54) is 6.26 Å². The number of aromatic nitrogens is 1. The van der Waals surface area contributed by atoms with Crippen molar-refractivity contribution in [3.8, 4) is 0 Å². The zero-order valence-corrected chi connectivity index (χ0v) is 8.73. The van der Waals surface area contributed by atoms with Crippen molar-refractivity contribution < 1.29 is 22.4 Å². The molecular formula is C7H10N2O5S. The number of rotatable bonds is 6. The van der Waals surface area contributed by atoms with Crippen LogP contribution in [0.4, 0.5) is 0 Å². The standard InChI is InChI=1S/C7H10N2O5S/c1-15(11,12)9-7(3-14-5-10)6-2-13-4-8-6/h2,4-5,7,9H,3H2,1H3. The Balaban J connectivity index is 2.74. The first-order valence-electron chi connectivity index (χ1n) is 3.93. The zero-order valence-electron chi connectivity index (χ0n) is 7.91. The maximum absolute atomic E-state index is 11.0. The Morgan fingerprint density at radius 2 is 2.47 bits per heavy atom. The summed E-state index contributed by atoms with van der Waals surface area (Å²) in [4.78, 5) is 13.8. The molecule has 1 aromatic heterocycles. The highest BCUT2D eigenvalue weighted by molar-refractivity contribution is 7.88. The second-order valence-electron chi connectivity index (χ2n) is 2.79. The Morgan fingerprint density at radius 3 is 2.93 bits per heavy atom. The van der Waals surface area contributed by atoms with Crippen LogP contribution in [0.15, 0.2) is 17.1 Å². The van der Waals surface area contributed by atoms with Crippen LogP contribution in [0.25, 0.3) is 0 Å². The van der Waals surface area contributed by atoms with Crippen molar-refractivity contribution in [3.63, 3.8) is 0 Å². The van der Waals surface area contributed by atoms with E-state index >= 15 is 0 Å². The Morgan fingerprint density at radius 1 is 1.73 bits per heavy atom. The Bertz CT molecular complexity index is 399. The third-order valence-electron chi connectivity index (χ3n) is 1.50. The van der Waals surface area contributed by atoms with Gasteiger partial charge in [0.05, 0.1) is 6.26 Å².